The first kappa shape index (κ1) is 16.3. The van der Waals surface area contributed by atoms with Crippen molar-refractivity contribution >= 4 is 50.6 Å². The highest BCUT2D eigenvalue weighted by Gasteiger charge is 2.15. The fourth-order valence-corrected chi connectivity index (χ4v) is 3.02. The molecule has 3 rings (SSSR count). The second-order valence-corrected chi connectivity index (χ2v) is 6.15. The first-order valence-corrected chi connectivity index (χ1v) is 8.53. The summed E-state index contributed by atoms with van der Waals surface area (Å²) in [4.78, 5) is 16.1. The minimum Gasteiger partial charge on any atom is -0.496 e. The summed E-state index contributed by atoms with van der Waals surface area (Å²) < 4.78 is 7.16. The molecule has 0 bridgehead atoms. The molecular formula is C16H11BrCl2N2O2. The van der Waals surface area contributed by atoms with Crippen molar-refractivity contribution < 1.29 is 9.53 Å². The predicted molar refractivity (Wildman–Crippen MR) is 95.3 cm³/mol. The van der Waals surface area contributed by atoms with Gasteiger partial charge in [-0.3, -0.25) is 4.79 Å². The number of rotatable bonds is 4. The van der Waals surface area contributed by atoms with Crippen molar-refractivity contribution in [3.8, 4) is 16.9 Å². The molecule has 0 aliphatic heterocycles. The normalized spacial score (nSPS) is 11.0. The van der Waals surface area contributed by atoms with Crippen LogP contribution in [0, 0.1) is 0 Å². The third-order valence-corrected chi connectivity index (χ3v) is 4.75. The molecule has 1 aromatic carbocycles. The maximum Gasteiger partial charge on any atom is 0.193 e. The lowest BCUT2D eigenvalue weighted by atomic mass is 10.1. The molecule has 0 amide bonds. The SMILES string of the molecule is COc1ccc(Cl)c(Cl)c1-c1ccn2cc(C(=O)CBr)nc2c1. The molecule has 3 aromatic rings. The Morgan fingerprint density at radius 2 is 2.13 bits per heavy atom. The minimum absolute atomic E-state index is 0.0754. The number of carbonyl (C=O) groups excluding carboxylic acids is 1. The van der Waals surface area contributed by atoms with E-state index in [4.69, 9.17) is 27.9 Å². The number of imidazole rings is 1. The first-order chi connectivity index (χ1) is 11.0. The van der Waals surface area contributed by atoms with Gasteiger partial charge in [-0.15, -0.1) is 0 Å². The Kier molecular flexibility index (Phi) is 4.62. The molecule has 0 saturated heterocycles. The molecule has 0 fully saturated rings. The molecule has 0 spiro atoms. The van der Waals surface area contributed by atoms with Crippen LogP contribution in [0.2, 0.25) is 10.0 Å². The van der Waals surface area contributed by atoms with Crippen molar-refractivity contribution in [2.24, 2.45) is 0 Å². The lowest BCUT2D eigenvalue weighted by molar-refractivity contribution is 0.101. The molecule has 2 aromatic heterocycles. The number of carbonyl (C=O) groups is 1. The molecule has 23 heavy (non-hydrogen) atoms. The van der Waals surface area contributed by atoms with E-state index in [1.54, 1.807) is 29.8 Å². The largest absolute Gasteiger partial charge is 0.496 e. The number of aromatic nitrogens is 2. The number of fused-ring (bicyclic) bond motifs is 1. The molecular weight excluding hydrogens is 403 g/mol. The Morgan fingerprint density at radius 3 is 2.83 bits per heavy atom. The number of methoxy groups -OCH3 is 1. The van der Waals surface area contributed by atoms with Gasteiger partial charge >= 0.3 is 0 Å². The molecule has 4 nitrogen and oxygen atoms in total. The number of ketones is 1. The molecule has 0 saturated carbocycles. The number of benzene rings is 1. The average Bonchev–Trinajstić information content (AvgIpc) is 2.99. The number of nitrogens with zero attached hydrogens (tertiary/aromatic N) is 2. The van der Waals surface area contributed by atoms with Crippen LogP contribution in [-0.2, 0) is 0 Å². The van der Waals surface area contributed by atoms with E-state index in [1.165, 1.54) is 0 Å². The topological polar surface area (TPSA) is 43.6 Å². The fourth-order valence-electron chi connectivity index (χ4n) is 2.31. The third-order valence-electron chi connectivity index (χ3n) is 3.43. The predicted octanol–water partition coefficient (Wildman–Crippen LogP) is 4.89. The maximum atomic E-state index is 11.8. The van der Waals surface area contributed by atoms with Gasteiger partial charge in [0.25, 0.3) is 0 Å². The van der Waals surface area contributed by atoms with E-state index in [9.17, 15) is 4.79 Å². The van der Waals surface area contributed by atoms with Gasteiger partial charge in [-0.2, -0.15) is 0 Å². The molecule has 0 N–H and O–H groups in total. The molecule has 0 aliphatic rings. The number of ether oxygens (including phenoxy) is 1. The van der Waals surface area contributed by atoms with E-state index in [0.717, 1.165) is 5.56 Å². The quantitative estimate of drug-likeness (QED) is 0.451. The number of Topliss-reactive ketones (excluding diaryl/α,β-unsaturated/α-hetero) is 1. The van der Waals surface area contributed by atoms with E-state index < -0.39 is 0 Å². The van der Waals surface area contributed by atoms with Gasteiger partial charge in [0.15, 0.2) is 5.78 Å². The first-order valence-electron chi connectivity index (χ1n) is 6.65. The smallest absolute Gasteiger partial charge is 0.193 e. The Labute approximate surface area is 151 Å². The van der Waals surface area contributed by atoms with Crippen LogP contribution >= 0.6 is 39.1 Å². The summed E-state index contributed by atoms with van der Waals surface area (Å²) in [6.07, 6.45) is 3.51. The van der Waals surface area contributed by atoms with Gasteiger partial charge in [-0.25, -0.2) is 4.98 Å². The monoisotopic (exact) mass is 412 g/mol. The van der Waals surface area contributed by atoms with Gasteiger partial charge < -0.3 is 9.14 Å². The summed E-state index contributed by atoms with van der Waals surface area (Å²) in [6, 6.07) is 7.16. The van der Waals surface area contributed by atoms with Crippen LogP contribution < -0.4 is 4.74 Å². The second kappa shape index (κ2) is 6.51. The summed E-state index contributed by atoms with van der Waals surface area (Å²) in [5.74, 6) is 0.542. The van der Waals surface area contributed by atoms with Crippen molar-refractivity contribution in [1.29, 1.82) is 0 Å². The third kappa shape index (κ3) is 2.96. The Hall–Kier alpha value is -1.56. The van der Waals surface area contributed by atoms with Gasteiger partial charge in [0.05, 0.1) is 22.5 Å². The molecule has 2 heterocycles. The highest BCUT2D eigenvalue weighted by Crippen LogP contribution is 2.40. The van der Waals surface area contributed by atoms with Crippen LogP contribution in [0.4, 0.5) is 0 Å². The van der Waals surface area contributed by atoms with E-state index >= 15 is 0 Å². The summed E-state index contributed by atoms with van der Waals surface area (Å²) in [7, 11) is 1.57. The van der Waals surface area contributed by atoms with E-state index in [-0.39, 0.29) is 11.1 Å². The summed E-state index contributed by atoms with van der Waals surface area (Å²) in [6.45, 7) is 0. The molecule has 7 heteroatoms. The summed E-state index contributed by atoms with van der Waals surface area (Å²) in [5.41, 5.74) is 2.55. The zero-order valence-corrected chi connectivity index (χ0v) is 15.1. The van der Waals surface area contributed by atoms with Gasteiger partial charge in [0.2, 0.25) is 0 Å². The summed E-state index contributed by atoms with van der Waals surface area (Å²) in [5, 5.41) is 1.09. The molecule has 0 atom stereocenters. The average molecular weight is 414 g/mol. The maximum absolute atomic E-state index is 11.8. The Balaban J connectivity index is 2.18. The van der Waals surface area contributed by atoms with Crippen LogP contribution in [0.1, 0.15) is 10.5 Å². The van der Waals surface area contributed by atoms with Crippen LogP contribution in [0.3, 0.4) is 0 Å². The van der Waals surface area contributed by atoms with Gasteiger partial charge in [-0.05, 0) is 29.8 Å². The number of pyridine rings is 1. The van der Waals surface area contributed by atoms with Crippen molar-refractivity contribution in [3.05, 3.63) is 52.4 Å². The van der Waals surface area contributed by atoms with Crippen molar-refractivity contribution in [2.75, 3.05) is 12.4 Å². The second-order valence-electron chi connectivity index (χ2n) is 4.80. The van der Waals surface area contributed by atoms with Gasteiger partial charge in [-0.1, -0.05) is 39.1 Å². The zero-order valence-electron chi connectivity index (χ0n) is 12.0. The van der Waals surface area contributed by atoms with Crippen LogP contribution in [0.25, 0.3) is 16.8 Å². The van der Waals surface area contributed by atoms with Crippen molar-refractivity contribution in [2.45, 2.75) is 0 Å². The van der Waals surface area contributed by atoms with E-state index in [1.807, 2.05) is 18.3 Å². The highest BCUT2D eigenvalue weighted by molar-refractivity contribution is 9.09. The van der Waals surface area contributed by atoms with Crippen LogP contribution in [0.15, 0.2) is 36.7 Å². The standard InChI is InChI=1S/C16H11BrCl2N2O2/c1-23-13-3-2-10(18)16(19)15(13)9-4-5-21-8-11(12(22)7-17)20-14(21)6-9/h2-6,8H,7H2,1H3. The fraction of sp³-hybridized carbons (Fsp3) is 0.125. The number of hydrogen-bond acceptors (Lipinski definition) is 3. The van der Waals surface area contributed by atoms with Crippen LogP contribution in [0.5, 0.6) is 5.75 Å². The van der Waals surface area contributed by atoms with Crippen molar-refractivity contribution in [3.63, 3.8) is 0 Å². The van der Waals surface area contributed by atoms with Crippen molar-refractivity contribution in [1.82, 2.24) is 9.38 Å². The molecule has 0 radical (unpaired) electrons. The lowest BCUT2D eigenvalue weighted by Crippen LogP contribution is -1.99. The van der Waals surface area contributed by atoms with E-state index in [0.29, 0.717) is 32.7 Å². The Bertz CT molecular complexity index is 908. The highest BCUT2D eigenvalue weighted by atomic mass is 79.9. The Morgan fingerprint density at radius 1 is 1.35 bits per heavy atom. The van der Waals surface area contributed by atoms with Gasteiger partial charge in [0.1, 0.15) is 17.1 Å². The lowest BCUT2D eigenvalue weighted by Gasteiger charge is -2.12. The number of alkyl halides is 1. The minimum atomic E-state index is -0.0754. The molecule has 118 valence electrons. The summed E-state index contributed by atoms with van der Waals surface area (Å²) >= 11 is 15.6. The molecule has 0 aliphatic carbocycles. The number of halogens is 3. The van der Waals surface area contributed by atoms with E-state index in [2.05, 4.69) is 20.9 Å². The number of hydrogen-bond donors (Lipinski definition) is 0. The van der Waals surface area contributed by atoms with Gasteiger partial charge in [0, 0.05) is 18.0 Å². The zero-order chi connectivity index (χ0) is 16.6. The van der Waals surface area contributed by atoms with Crippen LogP contribution in [-0.4, -0.2) is 27.6 Å². The molecule has 0 unspecified atom stereocenters.